The van der Waals surface area contributed by atoms with Crippen molar-refractivity contribution in [3.63, 3.8) is 0 Å². The molecule has 0 spiro atoms. The second kappa shape index (κ2) is 3.60. The number of aliphatic hydroxyl groups is 1. The van der Waals surface area contributed by atoms with Crippen molar-refractivity contribution in [2.45, 2.75) is 13.5 Å². The Morgan fingerprint density at radius 2 is 1.93 bits per heavy atom. The molecule has 0 aliphatic rings. The molecule has 14 heavy (non-hydrogen) atoms. The molecule has 2 rings (SSSR count). The van der Waals surface area contributed by atoms with Gasteiger partial charge in [0.1, 0.15) is 0 Å². The van der Waals surface area contributed by atoms with Crippen molar-refractivity contribution in [2.75, 3.05) is 0 Å². The number of hydrogen-bond acceptors (Lipinski definition) is 1. The second-order valence-electron chi connectivity index (χ2n) is 3.43. The maximum absolute atomic E-state index is 9.11. The molecule has 0 amide bonds. The Labute approximate surface area is 87.9 Å². The van der Waals surface area contributed by atoms with Crippen LogP contribution in [0.1, 0.15) is 11.1 Å². The van der Waals surface area contributed by atoms with Gasteiger partial charge in [-0.3, -0.25) is 0 Å². The third kappa shape index (κ3) is 1.61. The van der Waals surface area contributed by atoms with Gasteiger partial charge >= 0.3 is 0 Å². The zero-order chi connectivity index (χ0) is 10.1. The summed E-state index contributed by atoms with van der Waals surface area (Å²) in [5.74, 6) is 0. The van der Waals surface area contributed by atoms with Gasteiger partial charge in [0.2, 0.25) is 0 Å². The average Bonchev–Trinajstić information content (AvgIpc) is 2.17. The van der Waals surface area contributed by atoms with Gasteiger partial charge in [-0.05, 0) is 47.0 Å². The third-order valence-corrected chi connectivity index (χ3v) is 2.66. The van der Waals surface area contributed by atoms with Crippen molar-refractivity contribution in [3.05, 3.63) is 46.5 Å². The summed E-state index contributed by atoms with van der Waals surface area (Å²) in [4.78, 5) is 0. The van der Waals surface area contributed by atoms with E-state index < -0.39 is 0 Å². The molecule has 0 unspecified atom stereocenters. The van der Waals surface area contributed by atoms with Gasteiger partial charge < -0.3 is 5.11 Å². The van der Waals surface area contributed by atoms with Gasteiger partial charge in [-0.2, -0.15) is 0 Å². The molecule has 0 aromatic heterocycles. The van der Waals surface area contributed by atoms with E-state index in [-0.39, 0.29) is 6.61 Å². The topological polar surface area (TPSA) is 20.2 Å². The van der Waals surface area contributed by atoms with Crippen LogP contribution >= 0.6 is 11.6 Å². The number of rotatable bonds is 1. The van der Waals surface area contributed by atoms with Crippen LogP contribution in [-0.4, -0.2) is 5.11 Å². The largest absolute Gasteiger partial charge is 0.392 e. The summed E-state index contributed by atoms with van der Waals surface area (Å²) in [5, 5.41) is 12.1. The van der Waals surface area contributed by atoms with Crippen LogP contribution < -0.4 is 0 Å². The van der Waals surface area contributed by atoms with Crippen molar-refractivity contribution in [1.29, 1.82) is 0 Å². The summed E-state index contributed by atoms with van der Waals surface area (Å²) >= 11 is 5.89. The molecule has 0 fully saturated rings. The van der Waals surface area contributed by atoms with Crippen LogP contribution in [0.15, 0.2) is 30.3 Å². The van der Waals surface area contributed by atoms with Crippen molar-refractivity contribution in [3.8, 4) is 0 Å². The van der Waals surface area contributed by atoms with E-state index >= 15 is 0 Å². The predicted octanol–water partition coefficient (Wildman–Crippen LogP) is 3.29. The Bertz CT molecular complexity index is 477. The molecular formula is C12H11ClO. The summed E-state index contributed by atoms with van der Waals surface area (Å²) in [6.07, 6.45) is 0. The predicted molar refractivity (Wildman–Crippen MR) is 59.6 cm³/mol. The molecule has 2 heteroatoms. The summed E-state index contributed by atoms with van der Waals surface area (Å²) in [6.45, 7) is 2.08. The van der Waals surface area contributed by atoms with E-state index in [9.17, 15) is 0 Å². The monoisotopic (exact) mass is 206 g/mol. The molecule has 0 saturated heterocycles. The molecule has 0 heterocycles. The van der Waals surface area contributed by atoms with Crippen LogP contribution in [0.3, 0.4) is 0 Å². The van der Waals surface area contributed by atoms with Crippen molar-refractivity contribution in [1.82, 2.24) is 0 Å². The van der Waals surface area contributed by atoms with Gasteiger partial charge in [-0.1, -0.05) is 23.7 Å². The fraction of sp³-hybridized carbons (Fsp3) is 0.167. The first-order chi connectivity index (χ1) is 6.70. The van der Waals surface area contributed by atoms with Crippen LogP contribution in [0.5, 0.6) is 0 Å². The highest BCUT2D eigenvalue weighted by Crippen LogP contribution is 2.23. The van der Waals surface area contributed by atoms with Gasteiger partial charge in [0, 0.05) is 5.02 Å². The average molecular weight is 207 g/mol. The Hall–Kier alpha value is -1.05. The Morgan fingerprint density at radius 3 is 2.64 bits per heavy atom. The lowest BCUT2D eigenvalue weighted by atomic mass is 10.0. The molecule has 0 atom stereocenters. The molecule has 0 saturated carbocycles. The number of hydrogen-bond donors (Lipinski definition) is 1. The molecule has 1 nitrogen and oxygen atoms in total. The maximum atomic E-state index is 9.11. The van der Waals surface area contributed by atoms with Crippen LogP contribution in [0, 0.1) is 6.92 Å². The fourth-order valence-corrected chi connectivity index (χ4v) is 1.78. The minimum Gasteiger partial charge on any atom is -0.392 e. The van der Waals surface area contributed by atoms with Crippen molar-refractivity contribution < 1.29 is 5.11 Å². The normalized spacial score (nSPS) is 10.8. The minimum atomic E-state index is 0.0777. The zero-order valence-electron chi connectivity index (χ0n) is 7.92. The highest BCUT2D eigenvalue weighted by atomic mass is 35.5. The van der Waals surface area contributed by atoms with E-state index in [1.807, 2.05) is 31.2 Å². The van der Waals surface area contributed by atoms with E-state index in [2.05, 4.69) is 6.07 Å². The van der Waals surface area contributed by atoms with Crippen LogP contribution in [0.4, 0.5) is 0 Å². The maximum Gasteiger partial charge on any atom is 0.0684 e. The van der Waals surface area contributed by atoms with Gasteiger partial charge in [0.25, 0.3) is 0 Å². The molecule has 1 N–H and O–H groups in total. The van der Waals surface area contributed by atoms with Gasteiger partial charge in [0.05, 0.1) is 6.61 Å². The smallest absolute Gasteiger partial charge is 0.0684 e. The van der Waals surface area contributed by atoms with Crippen molar-refractivity contribution in [2.24, 2.45) is 0 Å². The van der Waals surface area contributed by atoms with Gasteiger partial charge in [-0.25, -0.2) is 0 Å². The highest BCUT2D eigenvalue weighted by molar-refractivity contribution is 6.31. The lowest BCUT2D eigenvalue weighted by Crippen LogP contribution is -1.88. The quantitative estimate of drug-likeness (QED) is 0.759. The summed E-state index contributed by atoms with van der Waals surface area (Å²) in [6, 6.07) is 9.83. The number of halogens is 1. The van der Waals surface area contributed by atoms with E-state index in [0.29, 0.717) is 0 Å². The van der Waals surface area contributed by atoms with E-state index in [1.165, 1.54) is 0 Å². The lowest BCUT2D eigenvalue weighted by molar-refractivity contribution is 0.281. The Kier molecular flexibility index (Phi) is 2.44. The van der Waals surface area contributed by atoms with E-state index in [1.54, 1.807) is 0 Å². The van der Waals surface area contributed by atoms with Crippen LogP contribution in [0.2, 0.25) is 5.02 Å². The van der Waals surface area contributed by atoms with E-state index in [0.717, 1.165) is 26.9 Å². The van der Waals surface area contributed by atoms with Gasteiger partial charge in [0.15, 0.2) is 0 Å². The minimum absolute atomic E-state index is 0.0777. The van der Waals surface area contributed by atoms with Crippen LogP contribution in [0.25, 0.3) is 10.8 Å². The number of aliphatic hydroxyl groups excluding tert-OH is 1. The fourth-order valence-electron chi connectivity index (χ4n) is 1.60. The number of aryl methyl sites for hydroxylation is 1. The molecule has 0 bridgehead atoms. The highest BCUT2D eigenvalue weighted by Gasteiger charge is 2.00. The summed E-state index contributed by atoms with van der Waals surface area (Å²) < 4.78 is 0. The van der Waals surface area contributed by atoms with Crippen LogP contribution in [-0.2, 0) is 6.61 Å². The first kappa shape index (κ1) is 9.50. The number of fused-ring (bicyclic) bond motifs is 1. The Morgan fingerprint density at radius 1 is 1.14 bits per heavy atom. The standard InChI is InChI=1S/C12H11ClO/c1-8-4-9-2-3-12(13)6-10(9)5-11(8)7-14/h2-6,14H,7H2,1H3. The Balaban J connectivity index is 2.73. The first-order valence-electron chi connectivity index (χ1n) is 4.50. The number of benzene rings is 2. The molecular weight excluding hydrogens is 196 g/mol. The molecule has 0 aliphatic carbocycles. The molecule has 2 aromatic rings. The third-order valence-electron chi connectivity index (χ3n) is 2.43. The van der Waals surface area contributed by atoms with Crippen molar-refractivity contribution >= 4 is 22.4 Å². The summed E-state index contributed by atoms with van der Waals surface area (Å²) in [5.41, 5.74) is 2.07. The SMILES string of the molecule is Cc1cc2ccc(Cl)cc2cc1CO. The molecule has 2 aromatic carbocycles. The van der Waals surface area contributed by atoms with E-state index in [4.69, 9.17) is 16.7 Å². The van der Waals surface area contributed by atoms with Gasteiger partial charge in [-0.15, -0.1) is 0 Å². The lowest BCUT2D eigenvalue weighted by Gasteiger charge is -2.05. The molecule has 0 radical (unpaired) electrons. The second-order valence-corrected chi connectivity index (χ2v) is 3.86. The molecule has 72 valence electrons. The first-order valence-corrected chi connectivity index (χ1v) is 4.88. The molecule has 0 aliphatic heterocycles. The summed E-state index contributed by atoms with van der Waals surface area (Å²) in [7, 11) is 0. The zero-order valence-corrected chi connectivity index (χ0v) is 8.67.